The van der Waals surface area contributed by atoms with Gasteiger partial charge in [0.1, 0.15) is 0 Å². The van der Waals surface area contributed by atoms with Crippen molar-refractivity contribution in [3.05, 3.63) is 54.1 Å². The van der Waals surface area contributed by atoms with Crippen LogP contribution in [0.2, 0.25) is 0 Å². The lowest BCUT2D eigenvalue weighted by molar-refractivity contribution is 0.804. The number of aromatic amines is 1. The first-order valence-corrected chi connectivity index (χ1v) is 4.96. The summed E-state index contributed by atoms with van der Waals surface area (Å²) in [7, 11) is 0. The lowest BCUT2D eigenvalue weighted by Crippen LogP contribution is -1.89. The van der Waals surface area contributed by atoms with Gasteiger partial charge in [-0.1, -0.05) is 30.3 Å². The largest absolute Gasteiger partial charge is 0.348 e. The fourth-order valence-electron chi connectivity index (χ4n) is 1.55. The maximum absolute atomic E-state index is 3.99. The molecule has 1 N–H and O–H groups in total. The van der Waals surface area contributed by atoms with Crippen molar-refractivity contribution in [1.82, 2.24) is 9.97 Å². The van der Waals surface area contributed by atoms with Gasteiger partial charge in [0.2, 0.25) is 0 Å². The van der Waals surface area contributed by atoms with Gasteiger partial charge in [-0.2, -0.15) is 0 Å². The van der Waals surface area contributed by atoms with Gasteiger partial charge in [-0.3, -0.25) is 0 Å². The lowest BCUT2D eigenvalue weighted by atomic mass is 10.1. The van der Waals surface area contributed by atoms with E-state index < -0.39 is 0 Å². The second kappa shape index (κ2) is 4.61. The zero-order valence-corrected chi connectivity index (χ0v) is 8.11. The molecule has 0 unspecified atom stereocenters. The van der Waals surface area contributed by atoms with Crippen LogP contribution in [0.4, 0.5) is 0 Å². The first-order valence-electron chi connectivity index (χ1n) is 4.96. The average Bonchev–Trinajstić information content (AvgIpc) is 2.72. The highest BCUT2D eigenvalue weighted by Crippen LogP contribution is 2.05. The Morgan fingerprint density at radius 3 is 2.64 bits per heavy atom. The molecule has 0 saturated heterocycles. The van der Waals surface area contributed by atoms with Crippen LogP contribution >= 0.6 is 0 Å². The van der Waals surface area contributed by atoms with E-state index in [1.54, 1.807) is 6.33 Å². The molecule has 2 rings (SSSR count). The van der Waals surface area contributed by atoms with E-state index in [0.29, 0.717) is 0 Å². The van der Waals surface area contributed by atoms with Gasteiger partial charge in [0.25, 0.3) is 0 Å². The van der Waals surface area contributed by atoms with Gasteiger partial charge in [-0.15, -0.1) is 0 Å². The maximum Gasteiger partial charge on any atom is 0.0921 e. The Morgan fingerprint density at radius 2 is 1.93 bits per heavy atom. The minimum absolute atomic E-state index is 1.08. The number of hydrogen-bond acceptors (Lipinski definition) is 1. The van der Waals surface area contributed by atoms with Gasteiger partial charge in [0.15, 0.2) is 0 Å². The molecule has 2 heteroatoms. The fraction of sp³-hybridized carbons (Fsp3) is 0.250. The van der Waals surface area contributed by atoms with Crippen molar-refractivity contribution in [3.8, 4) is 0 Å². The summed E-state index contributed by atoms with van der Waals surface area (Å²) in [4.78, 5) is 7.10. The Morgan fingerprint density at radius 1 is 1.07 bits per heavy atom. The number of H-pyrrole nitrogens is 1. The van der Waals surface area contributed by atoms with Gasteiger partial charge in [-0.25, -0.2) is 4.98 Å². The third-order valence-electron chi connectivity index (χ3n) is 2.31. The summed E-state index contributed by atoms with van der Waals surface area (Å²) in [6, 6.07) is 10.6. The fourth-order valence-corrected chi connectivity index (χ4v) is 1.55. The minimum Gasteiger partial charge on any atom is -0.348 e. The second-order valence-corrected chi connectivity index (χ2v) is 3.42. The van der Waals surface area contributed by atoms with E-state index in [1.165, 1.54) is 17.7 Å². The SMILES string of the molecule is c1ccc(CCCc2cnc[nH]2)cc1. The quantitative estimate of drug-likeness (QED) is 0.781. The zero-order valence-electron chi connectivity index (χ0n) is 8.11. The summed E-state index contributed by atoms with van der Waals surface area (Å²) in [6.45, 7) is 0. The second-order valence-electron chi connectivity index (χ2n) is 3.42. The Kier molecular flexibility index (Phi) is 2.96. The third-order valence-corrected chi connectivity index (χ3v) is 2.31. The smallest absolute Gasteiger partial charge is 0.0921 e. The van der Waals surface area contributed by atoms with Crippen LogP contribution in [0.25, 0.3) is 0 Å². The van der Waals surface area contributed by atoms with Crippen molar-refractivity contribution in [3.63, 3.8) is 0 Å². The third kappa shape index (κ3) is 2.46. The van der Waals surface area contributed by atoms with Crippen molar-refractivity contribution in [1.29, 1.82) is 0 Å². The van der Waals surface area contributed by atoms with Crippen LogP contribution in [0.5, 0.6) is 0 Å². The number of nitrogens with zero attached hydrogens (tertiary/aromatic N) is 1. The highest BCUT2D eigenvalue weighted by atomic mass is 14.9. The standard InChI is InChI=1S/C12H14N2/c1-2-5-11(6-3-1)7-4-8-12-9-13-10-14-12/h1-3,5-6,9-10H,4,7-8H2,(H,13,14). The highest BCUT2D eigenvalue weighted by Gasteiger charge is 1.95. The van der Waals surface area contributed by atoms with E-state index in [0.717, 1.165) is 12.8 Å². The molecule has 0 aliphatic rings. The molecule has 1 heterocycles. The van der Waals surface area contributed by atoms with Crippen LogP contribution in [0.1, 0.15) is 17.7 Å². The van der Waals surface area contributed by atoms with Crippen molar-refractivity contribution < 1.29 is 0 Å². The van der Waals surface area contributed by atoms with Gasteiger partial charge in [0.05, 0.1) is 6.33 Å². The lowest BCUT2D eigenvalue weighted by Gasteiger charge is -1.99. The molecular weight excluding hydrogens is 172 g/mol. The normalized spacial score (nSPS) is 10.3. The van der Waals surface area contributed by atoms with E-state index in [2.05, 4.69) is 40.3 Å². The molecular formula is C12H14N2. The molecule has 0 radical (unpaired) electrons. The predicted octanol–water partition coefficient (Wildman–Crippen LogP) is 2.58. The van der Waals surface area contributed by atoms with E-state index in [-0.39, 0.29) is 0 Å². The molecule has 2 nitrogen and oxygen atoms in total. The monoisotopic (exact) mass is 186 g/mol. The average molecular weight is 186 g/mol. The Balaban J connectivity index is 1.79. The summed E-state index contributed by atoms with van der Waals surface area (Å²) >= 11 is 0. The molecule has 1 aromatic heterocycles. The number of hydrogen-bond donors (Lipinski definition) is 1. The van der Waals surface area contributed by atoms with Gasteiger partial charge >= 0.3 is 0 Å². The van der Waals surface area contributed by atoms with Crippen LogP contribution in [0.15, 0.2) is 42.9 Å². The molecule has 0 bridgehead atoms. The number of aryl methyl sites for hydroxylation is 2. The summed E-state index contributed by atoms with van der Waals surface area (Å²) in [5, 5.41) is 0. The molecule has 2 aromatic rings. The molecule has 0 saturated carbocycles. The summed E-state index contributed by atoms with van der Waals surface area (Å²) in [5.74, 6) is 0. The Bertz CT molecular complexity index is 351. The van der Waals surface area contributed by atoms with Crippen molar-refractivity contribution in [2.24, 2.45) is 0 Å². The molecule has 72 valence electrons. The molecule has 1 aromatic carbocycles. The van der Waals surface area contributed by atoms with E-state index >= 15 is 0 Å². The number of aromatic nitrogens is 2. The van der Waals surface area contributed by atoms with Crippen LogP contribution in [0, 0.1) is 0 Å². The van der Waals surface area contributed by atoms with E-state index in [9.17, 15) is 0 Å². The van der Waals surface area contributed by atoms with Crippen LogP contribution < -0.4 is 0 Å². The summed E-state index contributed by atoms with van der Waals surface area (Å²) in [6.07, 6.45) is 7.02. The van der Waals surface area contributed by atoms with Crippen molar-refractivity contribution >= 4 is 0 Å². The van der Waals surface area contributed by atoms with Crippen molar-refractivity contribution in [2.75, 3.05) is 0 Å². The van der Waals surface area contributed by atoms with Crippen LogP contribution in [0.3, 0.4) is 0 Å². The predicted molar refractivity (Wildman–Crippen MR) is 57.1 cm³/mol. The first-order chi connectivity index (χ1) is 6.95. The van der Waals surface area contributed by atoms with Gasteiger partial charge in [0, 0.05) is 11.9 Å². The molecule has 0 amide bonds. The Labute approximate surface area is 84.0 Å². The van der Waals surface area contributed by atoms with E-state index in [1.807, 2.05) is 6.20 Å². The Hall–Kier alpha value is -1.57. The molecule has 0 aliphatic carbocycles. The maximum atomic E-state index is 3.99. The van der Waals surface area contributed by atoms with Crippen LogP contribution in [-0.2, 0) is 12.8 Å². The topological polar surface area (TPSA) is 28.7 Å². The first kappa shape index (κ1) is 9.00. The molecule has 0 atom stereocenters. The van der Waals surface area contributed by atoms with Crippen molar-refractivity contribution in [2.45, 2.75) is 19.3 Å². The molecule has 0 spiro atoms. The molecule has 0 aliphatic heterocycles. The zero-order chi connectivity index (χ0) is 9.64. The summed E-state index contributed by atoms with van der Waals surface area (Å²) in [5.41, 5.74) is 2.63. The number of benzene rings is 1. The summed E-state index contributed by atoms with van der Waals surface area (Å²) < 4.78 is 0. The van der Waals surface area contributed by atoms with Gasteiger partial charge in [-0.05, 0) is 24.8 Å². The minimum atomic E-state index is 1.08. The number of rotatable bonds is 4. The van der Waals surface area contributed by atoms with E-state index in [4.69, 9.17) is 0 Å². The van der Waals surface area contributed by atoms with Crippen LogP contribution in [-0.4, -0.2) is 9.97 Å². The highest BCUT2D eigenvalue weighted by molar-refractivity contribution is 5.14. The molecule has 14 heavy (non-hydrogen) atoms. The molecule has 0 fully saturated rings. The number of imidazole rings is 1. The van der Waals surface area contributed by atoms with Gasteiger partial charge < -0.3 is 4.98 Å². The number of nitrogens with one attached hydrogen (secondary N) is 1.